The molecule has 0 aliphatic heterocycles. The van der Waals surface area contributed by atoms with Gasteiger partial charge in [-0.1, -0.05) is 29.4 Å². The van der Waals surface area contributed by atoms with Gasteiger partial charge in [0, 0.05) is 28.8 Å². The second-order valence-corrected chi connectivity index (χ2v) is 9.53. The molecule has 0 fully saturated rings. The van der Waals surface area contributed by atoms with Gasteiger partial charge in [-0.2, -0.15) is 0 Å². The Morgan fingerprint density at radius 2 is 1.81 bits per heavy atom. The second-order valence-electron chi connectivity index (χ2n) is 7.46. The predicted octanol–water partition coefficient (Wildman–Crippen LogP) is 4.27. The van der Waals surface area contributed by atoms with Crippen molar-refractivity contribution in [2.75, 3.05) is 11.1 Å². The van der Waals surface area contributed by atoms with Crippen LogP contribution in [0.3, 0.4) is 0 Å². The number of carbonyl (C=O) groups excluding carboxylic acids is 2. The molecule has 162 valence electrons. The van der Waals surface area contributed by atoms with E-state index in [-0.39, 0.29) is 22.9 Å². The van der Waals surface area contributed by atoms with Gasteiger partial charge in [0.05, 0.1) is 16.3 Å². The van der Waals surface area contributed by atoms with Crippen LogP contribution in [0.4, 0.5) is 5.69 Å². The smallest absolute Gasteiger partial charge is 0.225 e. The van der Waals surface area contributed by atoms with Crippen molar-refractivity contribution in [3.63, 3.8) is 0 Å². The lowest BCUT2D eigenvalue weighted by molar-refractivity contribution is -0.115. The number of ketones is 1. The molecule has 2 aromatic carbocycles. The molecule has 0 atom stereocenters. The zero-order valence-corrected chi connectivity index (χ0v) is 18.7. The molecule has 1 amide bonds. The van der Waals surface area contributed by atoms with Crippen LogP contribution in [0.5, 0.6) is 0 Å². The number of aryl methyl sites for hydroxylation is 2. The summed E-state index contributed by atoms with van der Waals surface area (Å²) in [4.78, 5) is 23.9. The zero-order valence-electron chi connectivity index (χ0n) is 17.9. The Bertz CT molecular complexity index is 1260. The normalized spacial score (nSPS) is 11.4. The Balaban J connectivity index is 1.75. The van der Waals surface area contributed by atoms with Gasteiger partial charge in [0.2, 0.25) is 5.91 Å². The van der Waals surface area contributed by atoms with E-state index >= 15 is 0 Å². The van der Waals surface area contributed by atoms with Crippen LogP contribution in [-0.2, 0) is 14.6 Å². The molecule has 0 aliphatic carbocycles. The molecule has 0 unspecified atom stereocenters. The Hall–Kier alpha value is -3.26. The van der Waals surface area contributed by atoms with Gasteiger partial charge in [0.15, 0.2) is 21.4 Å². The lowest BCUT2D eigenvalue weighted by atomic mass is 10.1. The first kappa shape index (κ1) is 22.4. The minimum Gasteiger partial charge on any atom is -0.356 e. The maximum Gasteiger partial charge on any atom is 0.225 e. The largest absolute Gasteiger partial charge is 0.356 e. The highest BCUT2D eigenvalue weighted by atomic mass is 32.2. The van der Waals surface area contributed by atoms with Gasteiger partial charge in [0.25, 0.3) is 0 Å². The van der Waals surface area contributed by atoms with Gasteiger partial charge in [0.1, 0.15) is 0 Å². The summed E-state index contributed by atoms with van der Waals surface area (Å²) in [5.74, 6) is -0.382. The number of Topliss-reactive ketones (excluding diaryl/α,β-unsaturated/α-hetero) is 1. The molecular formula is C23H24N2O5S. The molecule has 0 saturated carbocycles. The third kappa shape index (κ3) is 5.08. The van der Waals surface area contributed by atoms with Crippen LogP contribution in [0.25, 0.3) is 11.3 Å². The van der Waals surface area contributed by atoms with E-state index in [0.29, 0.717) is 28.1 Å². The maximum absolute atomic E-state index is 13.0. The second kappa shape index (κ2) is 8.85. The third-order valence-electron chi connectivity index (χ3n) is 5.09. The number of rotatable bonds is 7. The summed E-state index contributed by atoms with van der Waals surface area (Å²) in [6.45, 7) is 6.83. The summed E-state index contributed by atoms with van der Waals surface area (Å²) in [5, 5.41) is 6.57. The summed E-state index contributed by atoms with van der Waals surface area (Å²) in [6.07, 6.45) is -0.212. The fourth-order valence-corrected chi connectivity index (χ4v) is 4.68. The number of amides is 1. The van der Waals surface area contributed by atoms with Crippen molar-refractivity contribution in [1.82, 2.24) is 5.16 Å². The third-order valence-corrected chi connectivity index (χ3v) is 6.94. The molecule has 0 saturated heterocycles. The molecule has 3 aromatic rings. The van der Waals surface area contributed by atoms with Crippen LogP contribution in [0, 0.1) is 20.8 Å². The Morgan fingerprint density at radius 3 is 2.45 bits per heavy atom. The van der Waals surface area contributed by atoms with Gasteiger partial charge >= 0.3 is 0 Å². The van der Waals surface area contributed by atoms with Gasteiger partial charge in [-0.05, 0) is 51.5 Å². The van der Waals surface area contributed by atoms with Crippen molar-refractivity contribution in [3.8, 4) is 11.3 Å². The monoisotopic (exact) mass is 440 g/mol. The maximum atomic E-state index is 13.0. The number of hydrogen-bond donors (Lipinski definition) is 1. The lowest BCUT2D eigenvalue weighted by Gasteiger charge is -2.10. The highest BCUT2D eigenvalue weighted by Crippen LogP contribution is 2.29. The Kier molecular flexibility index (Phi) is 6.40. The molecule has 8 heteroatoms. The highest BCUT2D eigenvalue weighted by Gasteiger charge is 2.21. The first-order valence-corrected chi connectivity index (χ1v) is 11.4. The first-order chi connectivity index (χ1) is 14.6. The average Bonchev–Trinajstić information content (AvgIpc) is 3.05. The predicted molar refractivity (Wildman–Crippen MR) is 118 cm³/mol. The quantitative estimate of drug-likeness (QED) is 0.550. The van der Waals surface area contributed by atoms with E-state index in [1.807, 2.05) is 13.8 Å². The van der Waals surface area contributed by atoms with E-state index < -0.39 is 15.7 Å². The van der Waals surface area contributed by atoms with Crippen LogP contribution >= 0.6 is 0 Å². The molecule has 1 aromatic heterocycles. The molecule has 1 N–H and O–H groups in total. The standard InChI is InChI=1S/C23H24N2O5S/c1-14-8-9-19(23-15(2)16(3)25-30-23)13-21(14)31(28,29)11-10-22(27)24-20-7-5-6-18(12-20)17(4)26/h5-9,12-13H,10-11H2,1-4H3,(H,24,27). The molecule has 31 heavy (non-hydrogen) atoms. The number of nitrogens with zero attached hydrogens (tertiary/aromatic N) is 1. The summed E-state index contributed by atoms with van der Waals surface area (Å²) in [6, 6.07) is 11.6. The summed E-state index contributed by atoms with van der Waals surface area (Å²) >= 11 is 0. The molecule has 0 spiro atoms. The molecule has 3 rings (SSSR count). The van der Waals surface area contributed by atoms with Gasteiger partial charge in [-0.3, -0.25) is 9.59 Å². The number of hydrogen-bond acceptors (Lipinski definition) is 6. The molecule has 0 bridgehead atoms. The Labute approximate surface area is 181 Å². The highest BCUT2D eigenvalue weighted by molar-refractivity contribution is 7.91. The number of nitrogens with one attached hydrogen (secondary N) is 1. The molecular weight excluding hydrogens is 416 g/mol. The van der Waals surface area contributed by atoms with Crippen molar-refractivity contribution >= 4 is 27.2 Å². The Morgan fingerprint density at radius 1 is 1.06 bits per heavy atom. The van der Waals surface area contributed by atoms with E-state index in [1.54, 1.807) is 49.4 Å². The summed E-state index contributed by atoms with van der Waals surface area (Å²) < 4.78 is 31.3. The zero-order chi connectivity index (χ0) is 22.8. The molecule has 0 radical (unpaired) electrons. The van der Waals surface area contributed by atoms with Crippen molar-refractivity contribution in [2.24, 2.45) is 0 Å². The van der Waals surface area contributed by atoms with E-state index in [2.05, 4.69) is 10.5 Å². The van der Waals surface area contributed by atoms with Crippen LogP contribution in [0.15, 0.2) is 51.9 Å². The fraction of sp³-hybridized carbons (Fsp3) is 0.261. The number of aromatic nitrogens is 1. The average molecular weight is 441 g/mol. The van der Waals surface area contributed by atoms with Gasteiger partial charge in [-0.15, -0.1) is 0 Å². The molecule has 7 nitrogen and oxygen atoms in total. The number of anilines is 1. The topological polar surface area (TPSA) is 106 Å². The number of sulfone groups is 1. The van der Waals surface area contributed by atoms with Crippen molar-refractivity contribution in [3.05, 3.63) is 64.8 Å². The van der Waals surface area contributed by atoms with E-state index in [9.17, 15) is 18.0 Å². The SMILES string of the molecule is CC(=O)c1cccc(NC(=O)CCS(=O)(=O)c2cc(-c3onc(C)c3C)ccc2C)c1. The number of benzene rings is 2. The first-order valence-electron chi connectivity index (χ1n) is 9.76. The summed E-state index contributed by atoms with van der Waals surface area (Å²) in [7, 11) is -3.71. The van der Waals surface area contributed by atoms with Gasteiger partial charge < -0.3 is 9.84 Å². The minimum absolute atomic E-state index is 0.119. The van der Waals surface area contributed by atoms with Crippen LogP contribution < -0.4 is 5.32 Å². The van der Waals surface area contributed by atoms with E-state index in [0.717, 1.165) is 11.3 Å². The minimum atomic E-state index is -3.71. The lowest BCUT2D eigenvalue weighted by Crippen LogP contribution is -2.18. The van der Waals surface area contributed by atoms with E-state index in [4.69, 9.17) is 4.52 Å². The van der Waals surface area contributed by atoms with E-state index in [1.165, 1.54) is 6.92 Å². The molecule has 0 aliphatic rings. The van der Waals surface area contributed by atoms with Gasteiger partial charge in [-0.25, -0.2) is 8.42 Å². The van der Waals surface area contributed by atoms with Crippen LogP contribution in [0.2, 0.25) is 0 Å². The van der Waals surface area contributed by atoms with Crippen LogP contribution in [-0.4, -0.2) is 31.0 Å². The summed E-state index contributed by atoms with van der Waals surface area (Å²) in [5.41, 5.74) is 3.71. The van der Waals surface area contributed by atoms with Crippen LogP contribution in [0.1, 0.15) is 40.5 Å². The van der Waals surface area contributed by atoms with Crippen molar-refractivity contribution in [1.29, 1.82) is 0 Å². The van der Waals surface area contributed by atoms with Crippen molar-refractivity contribution in [2.45, 2.75) is 39.0 Å². The number of carbonyl (C=O) groups is 2. The fourth-order valence-electron chi connectivity index (χ4n) is 3.14. The molecule has 1 heterocycles. The van der Waals surface area contributed by atoms with Crippen molar-refractivity contribution < 1.29 is 22.5 Å².